The van der Waals surface area contributed by atoms with Crippen LogP contribution in [0, 0.1) is 0 Å². The molecule has 0 aliphatic rings. The Labute approximate surface area is 448 Å². The average Bonchev–Trinajstić information content (AvgIpc) is 3.36. The smallest absolute Gasteiger partial charge is 0.306 e. The predicted octanol–water partition coefficient (Wildman–Crippen LogP) is 16.0. The number of esters is 2. The summed E-state index contributed by atoms with van der Waals surface area (Å²) in [6, 6.07) is 0. The number of carboxylic acid groups (broad SMARTS) is 1. The van der Waals surface area contributed by atoms with Gasteiger partial charge in [-0.15, -0.1) is 0 Å². The Morgan fingerprint density at radius 3 is 1.16 bits per heavy atom. The van der Waals surface area contributed by atoms with E-state index >= 15 is 0 Å². The molecule has 0 rings (SSSR count). The lowest BCUT2D eigenvalue weighted by atomic mass is 10.0. The van der Waals surface area contributed by atoms with Crippen molar-refractivity contribution in [3.8, 4) is 0 Å². The highest BCUT2D eigenvalue weighted by Gasteiger charge is 2.22. The second kappa shape index (κ2) is 54.5. The molecule has 0 bridgehead atoms. The van der Waals surface area contributed by atoms with Gasteiger partial charge < -0.3 is 33.3 Å². The lowest BCUT2D eigenvalue weighted by Crippen LogP contribution is -2.44. The van der Waals surface area contributed by atoms with Crippen LogP contribution in [0.4, 0.5) is 0 Å². The van der Waals surface area contributed by atoms with Crippen molar-refractivity contribution in [1.29, 1.82) is 0 Å². The Morgan fingerprint density at radius 2 is 0.781 bits per heavy atom. The van der Waals surface area contributed by atoms with Crippen molar-refractivity contribution in [2.75, 3.05) is 47.5 Å². The van der Waals surface area contributed by atoms with E-state index in [9.17, 15) is 19.5 Å². The minimum absolute atomic E-state index is 0.138. The molecule has 0 fully saturated rings. The van der Waals surface area contributed by atoms with Gasteiger partial charge in [-0.2, -0.15) is 0 Å². The number of carbonyl (C=O) groups is 3. The van der Waals surface area contributed by atoms with E-state index in [2.05, 4.69) is 111 Å². The van der Waals surface area contributed by atoms with Gasteiger partial charge in [-0.25, -0.2) is 0 Å². The third kappa shape index (κ3) is 55.8. The molecular formula is C64H109NO8. The number of carboxylic acids is 1. The van der Waals surface area contributed by atoms with Crippen LogP contribution in [0.25, 0.3) is 0 Å². The molecule has 0 saturated heterocycles. The fraction of sp³-hybridized carbons (Fsp3) is 0.703. The van der Waals surface area contributed by atoms with E-state index in [4.69, 9.17) is 18.9 Å². The Hall–Kier alpha value is -3.79. The largest absolute Gasteiger partial charge is 0.545 e. The Balaban J connectivity index is 4.28. The Kier molecular flexibility index (Phi) is 51.6. The maximum absolute atomic E-state index is 12.9. The quantitative estimate of drug-likeness (QED) is 0.0195. The van der Waals surface area contributed by atoms with E-state index in [0.29, 0.717) is 17.4 Å². The zero-order valence-corrected chi connectivity index (χ0v) is 47.5. The molecule has 2 atom stereocenters. The van der Waals surface area contributed by atoms with Gasteiger partial charge in [0.05, 0.1) is 40.3 Å². The van der Waals surface area contributed by atoms with Crippen LogP contribution in [0.1, 0.15) is 232 Å². The molecule has 9 nitrogen and oxygen atoms in total. The summed E-state index contributed by atoms with van der Waals surface area (Å²) in [5.41, 5.74) is 0. The predicted molar refractivity (Wildman–Crippen MR) is 306 cm³/mol. The first-order valence-corrected chi connectivity index (χ1v) is 29.4. The third-order valence-electron chi connectivity index (χ3n) is 12.3. The number of rotatable bonds is 53. The number of carbonyl (C=O) groups excluding carboxylic acids is 3. The van der Waals surface area contributed by atoms with Crippen LogP contribution in [-0.4, -0.2) is 82.3 Å². The van der Waals surface area contributed by atoms with Crippen molar-refractivity contribution in [3.63, 3.8) is 0 Å². The molecule has 0 heterocycles. The summed E-state index contributed by atoms with van der Waals surface area (Å²) in [4.78, 5) is 37.3. The van der Waals surface area contributed by atoms with Crippen molar-refractivity contribution in [3.05, 3.63) is 97.2 Å². The maximum atomic E-state index is 12.9. The normalized spacial score (nSPS) is 13.5. The number of unbranched alkanes of at least 4 members (excludes halogenated alkanes) is 22. The third-order valence-corrected chi connectivity index (χ3v) is 12.3. The number of likely N-dealkylation sites (N-methyl/N-ethyl adjacent to an activating group) is 1. The van der Waals surface area contributed by atoms with Gasteiger partial charge >= 0.3 is 11.9 Å². The zero-order chi connectivity index (χ0) is 53.4. The lowest BCUT2D eigenvalue weighted by molar-refractivity contribution is -0.870. The number of allylic oxidation sites excluding steroid dienone is 16. The van der Waals surface area contributed by atoms with Crippen LogP contribution in [0.15, 0.2) is 97.2 Å². The van der Waals surface area contributed by atoms with Gasteiger partial charge in [0, 0.05) is 12.8 Å². The number of hydrogen-bond donors (Lipinski definition) is 0. The van der Waals surface area contributed by atoms with Gasteiger partial charge in [-0.1, -0.05) is 220 Å². The van der Waals surface area contributed by atoms with E-state index in [1.54, 1.807) is 0 Å². The highest BCUT2D eigenvalue weighted by molar-refractivity contribution is 5.70. The molecule has 0 aromatic heterocycles. The lowest BCUT2D eigenvalue weighted by Gasteiger charge is -2.26. The van der Waals surface area contributed by atoms with Crippen LogP contribution < -0.4 is 5.11 Å². The van der Waals surface area contributed by atoms with E-state index < -0.39 is 24.3 Å². The van der Waals surface area contributed by atoms with Crippen LogP contribution in [-0.2, 0) is 33.3 Å². The molecule has 0 radical (unpaired) electrons. The summed E-state index contributed by atoms with van der Waals surface area (Å²) >= 11 is 0. The minimum atomic E-state index is -1.63. The number of quaternary nitrogens is 1. The molecule has 0 amide bonds. The molecule has 0 saturated carbocycles. The first-order chi connectivity index (χ1) is 35.6. The molecule has 2 unspecified atom stereocenters. The highest BCUT2D eigenvalue weighted by Crippen LogP contribution is 2.15. The maximum Gasteiger partial charge on any atom is 0.306 e. The van der Waals surface area contributed by atoms with Gasteiger partial charge in [0.1, 0.15) is 13.2 Å². The van der Waals surface area contributed by atoms with Crippen molar-refractivity contribution in [2.45, 2.75) is 245 Å². The number of ether oxygens (including phenoxy) is 4. The van der Waals surface area contributed by atoms with Crippen molar-refractivity contribution >= 4 is 17.9 Å². The summed E-state index contributed by atoms with van der Waals surface area (Å²) in [5.74, 6) is -2.32. The molecule has 0 aromatic carbocycles. The summed E-state index contributed by atoms with van der Waals surface area (Å²) in [6.45, 7) is 4.59. The standard InChI is InChI=1S/C64H109NO8/c1-6-8-10-12-14-16-18-20-22-24-26-28-29-30-31-32-33-35-36-38-40-42-44-46-48-50-52-54-61(66)71-58-60(59-72-64(63(68)69)70-57-56-65(3,4)5)73-62(67)55-53-51-49-47-45-43-41-39-37-34-27-25-23-21-19-17-15-13-11-9-7-2/h9,11,15,17-18,20-21,23-24,26-27,29-30,34,39,41,60,64H,6-8,10,12-14,16,19,22,25,28,31-33,35-38,40,42-59H2,1-5H3/b11-9-,17-15-,20-18-,23-21-,26-24-,30-29-,34-27-,41-39-. The van der Waals surface area contributed by atoms with E-state index in [0.717, 1.165) is 96.3 Å². The molecule has 418 valence electrons. The average molecular weight is 1020 g/mol. The van der Waals surface area contributed by atoms with Gasteiger partial charge in [-0.3, -0.25) is 9.59 Å². The molecule has 73 heavy (non-hydrogen) atoms. The van der Waals surface area contributed by atoms with Crippen LogP contribution in [0.3, 0.4) is 0 Å². The Bertz CT molecular complexity index is 1520. The molecule has 0 aromatic rings. The summed E-state index contributed by atoms with van der Waals surface area (Å²) in [7, 11) is 5.91. The fourth-order valence-electron chi connectivity index (χ4n) is 7.80. The van der Waals surface area contributed by atoms with Crippen LogP contribution in [0.2, 0.25) is 0 Å². The van der Waals surface area contributed by atoms with Gasteiger partial charge in [0.25, 0.3) is 0 Å². The SMILES string of the molecule is CC/C=C\C/C=C\C/C=C\C/C=C\C/C=C\CCCCCCCC(=O)OC(COC(=O)CCCCCCCCCCCCCC/C=C\C/C=C\C/C=C\CCCCCCC)COC(OCC[N+](C)(C)C)C(=O)[O-]. The molecular weight excluding hydrogens is 911 g/mol. The molecule has 9 heteroatoms. The summed E-state index contributed by atoms with van der Waals surface area (Å²) < 4.78 is 22.7. The van der Waals surface area contributed by atoms with Crippen LogP contribution in [0.5, 0.6) is 0 Å². The number of aliphatic carboxylic acids is 1. The number of nitrogens with zero attached hydrogens (tertiary/aromatic N) is 1. The second-order valence-corrected chi connectivity index (χ2v) is 20.5. The molecule has 0 aliphatic carbocycles. The van der Waals surface area contributed by atoms with Gasteiger partial charge in [0.15, 0.2) is 12.4 Å². The van der Waals surface area contributed by atoms with Crippen LogP contribution >= 0.6 is 0 Å². The minimum Gasteiger partial charge on any atom is -0.545 e. The number of hydrogen-bond acceptors (Lipinski definition) is 8. The Morgan fingerprint density at radius 1 is 0.425 bits per heavy atom. The molecule has 0 N–H and O–H groups in total. The van der Waals surface area contributed by atoms with Gasteiger partial charge in [0.2, 0.25) is 0 Å². The highest BCUT2D eigenvalue weighted by atomic mass is 16.7. The van der Waals surface area contributed by atoms with E-state index in [1.807, 2.05) is 21.1 Å². The van der Waals surface area contributed by atoms with Crippen molar-refractivity contribution < 1.29 is 42.9 Å². The molecule has 0 aliphatic heterocycles. The zero-order valence-electron chi connectivity index (χ0n) is 47.5. The monoisotopic (exact) mass is 1020 g/mol. The van der Waals surface area contributed by atoms with Crippen molar-refractivity contribution in [2.24, 2.45) is 0 Å². The van der Waals surface area contributed by atoms with Crippen molar-refractivity contribution in [1.82, 2.24) is 0 Å². The second-order valence-electron chi connectivity index (χ2n) is 20.5. The first-order valence-electron chi connectivity index (χ1n) is 29.4. The summed E-state index contributed by atoms with van der Waals surface area (Å²) in [5, 5.41) is 11.8. The first kappa shape index (κ1) is 69.2. The topological polar surface area (TPSA) is 111 Å². The van der Waals surface area contributed by atoms with E-state index in [-0.39, 0.29) is 38.6 Å². The van der Waals surface area contributed by atoms with E-state index in [1.165, 1.54) is 103 Å². The molecule has 0 spiro atoms. The van der Waals surface area contributed by atoms with Gasteiger partial charge in [-0.05, 0) is 96.3 Å². The summed E-state index contributed by atoms with van der Waals surface area (Å²) in [6.07, 6.45) is 70.2. The fourth-order valence-corrected chi connectivity index (χ4v) is 7.80.